The maximum Gasteiger partial charge on any atom is 0.0940 e. The van der Waals surface area contributed by atoms with E-state index < -0.39 is 0 Å². The summed E-state index contributed by atoms with van der Waals surface area (Å²) in [5, 5.41) is 3.15. The van der Waals surface area contributed by atoms with E-state index in [-0.39, 0.29) is 0 Å². The molecule has 1 heterocycles. The number of hydrazine groups is 1. The Hall–Kier alpha value is -0.450. The highest BCUT2D eigenvalue weighted by Gasteiger charge is 2.18. The van der Waals surface area contributed by atoms with Gasteiger partial charge in [0.15, 0.2) is 0 Å². The molecule has 0 amide bonds. The fraction of sp³-hybridized carbons (Fsp3) is 0.700. The summed E-state index contributed by atoms with van der Waals surface area (Å²) >= 11 is 1.69. The van der Waals surface area contributed by atoms with Crippen LogP contribution in [0.15, 0.2) is 11.6 Å². The van der Waals surface area contributed by atoms with Crippen LogP contribution < -0.4 is 11.3 Å². The minimum absolute atomic E-state index is 0.300. The number of hydrogen-bond donors (Lipinski definition) is 2. The standard InChI is InChI=1S/C10H19N3S/c1-10(2,3)7-8(13-11)6-9-12-4-5-14-9/h4-5,8,13H,6-7,11H2,1-3H3. The van der Waals surface area contributed by atoms with Crippen LogP contribution in [0.5, 0.6) is 0 Å². The predicted octanol–water partition coefficient (Wildman–Crippen LogP) is 1.95. The van der Waals surface area contributed by atoms with Crippen LogP contribution in [-0.4, -0.2) is 11.0 Å². The number of nitrogens with zero attached hydrogens (tertiary/aromatic N) is 1. The van der Waals surface area contributed by atoms with Gasteiger partial charge in [-0.3, -0.25) is 11.3 Å². The molecule has 0 aromatic carbocycles. The maximum atomic E-state index is 5.52. The van der Waals surface area contributed by atoms with Gasteiger partial charge in [-0.05, 0) is 11.8 Å². The first-order valence-corrected chi connectivity index (χ1v) is 5.74. The first-order chi connectivity index (χ1) is 6.51. The van der Waals surface area contributed by atoms with Gasteiger partial charge >= 0.3 is 0 Å². The van der Waals surface area contributed by atoms with Crippen molar-refractivity contribution in [3.63, 3.8) is 0 Å². The molecule has 0 aliphatic rings. The molecule has 0 fully saturated rings. The van der Waals surface area contributed by atoms with E-state index in [9.17, 15) is 0 Å². The molecule has 0 radical (unpaired) electrons. The normalized spacial score (nSPS) is 14.3. The first-order valence-electron chi connectivity index (χ1n) is 4.86. The fourth-order valence-electron chi connectivity index (χ4n) is 1.49. The summed E-state index contributed by atoms with van der Waals surface area (Å²) in [6, 6.07) is 0.321. The number of hydrogen-bond acceptors (Lipinski definition) is 4. The summed E-state index contributed by atoms with van der Waals surface area (Å²) < 4.78 is 0. The zero-order valence-electron chi connectivity index (χ0n) is 9.08. The van der Waals surface area contributed by atoms with Crippen molar-refractivity contribution in [2.45, 2.75) is 39.7 Å². The summed E-state index contributed by atoms with van der Waals surface area (Å²) in [6.45, 7) is 6.66. The summed E-state index contributed by atoms with van der Waals surface area (Å²) in [5.41, 5.74) is 3.16. The molecular formula is C10H19N3S. The molecule has 0 aliphatic heterocycles. The van der Waals surface area contributed by atoms with Gasteiger partial charge in [-0.1, -0.05) is 20.8 Å². The average molecular weight is 213 g/mol. The Balaban J connectivity index is 2.47. The van der Waals surface area contributed by atoms with Gasteiger partial charge in [-0.2, -0.15) is 0 Å². The second-order valence-corrected chi connectivity index (χ2v) is 5.74. The number of nitrogens with two attached hydrogens (primary N) is 1. The largest absolute Gasteiger partial charge is 0.271 e. The Morgan fingerprint density at radius 2 is 2.29 bits per heavy atom. The fourth-order valence-corrected chi connectivity index (χ4v) is 2.19. The highest BCUT2D eigenvalue weighted by Crippen LogP contribution is 2.22. The molecule has 80 valence electrons. The van der Waals surface area contributed by atoms with Gasteiger partial charge in [0, 0.05) is 24.0 Å². The van der Waals surface area contributed by atoms with Crippen molar-refractivity contribution in [2.75, 3.05) is 0 Å². The summed E-state index contributed by atoms with van der Waals surface area (Å²) in [6.07, 6.45) is 3.82. The quantitative estimate of drug-likeness (QED) is 0.594. The van der Waals surface area contributed by atoms with Crippen LogP contribution in [0.25, 0.3) is 0 Å². The number of rotatable bonds is 4. The maximum absolute atomic E-state index is 5.52. The van der Waals surface area contributed by atoms with E-state index in [2.05, 4.69) is 31.2 Å². The Bertz CT molecular complexity index is 251. The second kappa shape index (κ2) is 4.87. The predicted molar refractivity (Wildman–Crippen MR) is 61.0 cm³/mol. The Kier molecular flexibility index (Phi) is 4.04. The van der Waals surface area contributed by atoms with Crippen LogP contribution in [0.1, 0.15) is 32.2 Å². The zero-order chi connectivity index (χ0) is 10.6. The lowest BCUT2D eigenvalue weighted by Gasteiger charge is -2.24. The molecule has 4 heteroatoms. The molecule has 0 aliphatic carbocycles. The van der Waals surface area contributed by atoms with Crippen molar-refractivity contribution in [3.8, 4) is 0 Å². The third kappa shape index (κ3) is 4.17. The average Bonchev–Trinajstić information content (AvgIpc) is 2.53. The lowest BCUT2D eigenvalue weighted by molar-refractivity contribution is 0.308. The third-order valence-electron chi connectivity index (χ3n) is 2.00. The molecule has 0 saturated heterocycles. The van der Waals surface area contributed by atoms with Gasteiger partial charge in [-0.25, -0.2) is 4.98 Å². The van der Waals surface area contributed by atoms with Crippen molar-refractivity contribution in [1.29, 1.82) is 0 Å². The van der Waals surface area contributed by atoms with E-state index in [1.165, 1.54) is 0 Å². The van der Waals surface area contributed by atoms with Crippen molar-refractivity contribution < 1.29 is 0 Å². The van der Waals surface area contributed by atoms with Crippen LogP contribution in [0, 0.1) is 5.41 Å². The molecule has 0 saturated carbocycles. The lowest BCUT2D eigenvalue weighted by atomic mass is 9.87. The van der Waals surface area contributed by atoms with Crippen LogP contribution in [0.4, 0.5) is 0 Å². The zero-order valence-corrected chi connectivity index (χ0v) is 9.90. The topological polar surface area (TPSA) is 50.9 Å². The molecule has 1 rings (SSSR count). The van der Waals surface area contributed by atoms with Crippen LogP contribution in [-0.2, 0) is 6.42 Å². The monoisotopic (exact) mass is 213 g/mol. The minimum Gasteiger partial charge on any atom is -0.271 e. The Morgan fingerprint density at radius 3 is 2.71 bits per heavy atom. The van der Waals surface area contributed by atoms with Gasteiger partial charge in [0.1, 0.15) is 0 Å². The van der Waals surface area contributed by atoms with Gasteiger partial charge in [0.05, 0.1) is 5.01 Å². The van der Waals surface area contributed by atoms with Crippen LogP contribution in [0.2, 0.25) is 0 Å². The van der Waals surface area contributed by atoms with E-state index >= 15 is 0 Å². The van der Waals surface area contributed by atoms with Crippen LogP contribution >= 0.6 is 11.3 Å². The van der Waals surface area contributed by atoms with Crippen molar-refractivity contribution >= 4 is 11.3 Å². The molecule has 1 unspecified atom stereocenters. The van der Waals surface area contributed by atoms with Gasteiger partial charge in [0.2, 0.25) is 0 Å². The van der Waals surface area contributed by atoms with Gasteiger partial charge < -0.3 is 0 Å². The number of aromatic nitrogens is 1. The first kappa shape index (κ1) is 11.6. The molecule has 3 N–H and O–H groups in total. The lowest BCUT2D eigenvalue weighted by Crippen LogP contribution is -2.39. The van der Waals surface area contributed by atoms with E-state index in [4.69, 9.17) is 5.84 Å². The van der Waals surface area contributed by atoms with E-state index in [0.29, 0.717) is 11.5 Å². The number of nitrogens with one attached hydrogen (secondary N) is 1. The summed E-state index contributed by atoms with van der Waals surface area (Å²) in [5.74, 6) is 5.52. The number of thiazole rings is 1. The Labute approximate surface area is 89.7 Å². The van der Waals surface area contributed by atoms with Crippen molar-refractivity contribution in [3.05, 3.63) is 16.6 Å². The van der Waals surface area contributed by atoms with Crippen LogP contribution in [0.3, 0.4) is 0 Å². The van der Waals surface area contributed by atoms with Crippen molar-refractivity contribution in [2.24, 2.45) is 11.3 Å². The van der Waals surface area contributed by atoms with E-state index in [1.54, 1.807) is 11.3 Å². The highest BCUT2D eigenvalue weighted by molar-refractivity contribution is 7.09. The molecule has 1 aromatic heterocycles. The molecule has 1 atom stereocenters. The molecule has 3 nitrogen and oxygen atoms in total. The minimum atomic E-state index is 0.300. The third-order valence-corrected chi connectivity index (χ3v) is 2.80. The smallest absolute Gasteiger partial charge is 0.0940 e. The molecule has 14 heavy (non-hydrogen) atoms. The Morgan fingerprint density at radius 1 is 1.57 bits per heavy atom. The molecule has 1 aromatic rings. The van der Waals surface area contributed by atoms with Gasteiger partial charge in [-0.15, -0.1) is 11.3 Å². The summed E-state index contributed by atoms with van der Waals surface area (Å²) in [7, 11) is 0. The van der Waals surface area contributed by atoms with Crippen molar-refractivity contribution in [1.82, 2.24) is 10.4 Å². The highest BCUT2D eigenvalue weighted by atomic mass is 32.1. The summed E-state index contributed by atoms with van der Waals surface area (Å²) in [4.78, 5) is 4.26. The van der Waals surface area contributed by atoms with Gasteiger partial charge in [0.25, 0.3) is 0 Å². The molecule has 0 bridgehead atoms. The second-order valence-electron chi connectivity index (χ2n) is 4.76. The molecule has 0 spiro atoms. The SMILES string of the molecule is CC(C)(C)CC(Cc1nccs1)NN. The van der Waals surface area contributed by atoms with E-state index in [0.717, 1.165) is 17.8 Å². The van der Waals surface area contributed by atoms with E-state index in [1.807, 2.05) is 11.6 Å². The molecular weight excluding hydrogens is 194 g/mol.